The van der Waals surface area contributed by atoms with Crippen molar-refractivity contribution < 1.29 is 22.7 Å². The van der Waals surface area contributed by atoms with Crippen molar-refractivity contribution in [2.75, 3.05) is 30.8 Å². The van der Waals surface area contributed by atoms with Crippen LogP contribution in [-0.2, 0) is 26.2 Å². The molecule has 1 atom stereocenters. The van der Waals surface area contributed by atoms with Crippen LogP contribution in [0.5, 0.6) is 5.75 Å². The Balaban J connectivity index is 2.50. The molecule has 0 aliphatic carbocycles. The molecular weight excluding hydrogens is 537 g/mol. The Labute approximate surface area is 229 Å². The molecule has 8 nitrogen and oxygen atoms in total. The van der Waals surface area contributed by atoms with Crippen LogP contribution in [0.25, 0.3) is 0 Å². The number of sulfonamides is 1. The lowest BCUT2D eigenvalue weighted by atomic mass is 10.1. The van der Waals surface area contributed by atoms with Gasteiger partial charge in [-0.3, -0.25) is 13.9 Å². The van der Waals surface area contributed by atoms with Crippen molar-refractivity contribution >= 4 is 50.7 Å². The van der Waals surface area contributed by atoms with Gasteiger partial charge in [0.1, 0.15) is 18.3 Å². The Morgan fingerprint density at radius 3 is 2.35 bits per heavy atom. The van der Waals surface area contributed by atoms with E-state index < -0.39 is 28.5 Å². The van der Waals surface area contributed by atoms with E-state index in [0.717, 1.165) is 29.0 Å². The third kappa shape index (κ3) is 8.51. The summed E-state index contributed by atoms with van der Waals surface area (Å²) in [7, 11) is -2.45. The van der Waals surface area contributed by atoms with Crippen molar-refractivity contribution in [3.63, 3.8) is 0 Å². The van der Waals surface area contributed by atoms with Crippen molar-refractivity contribution in [3.8, 4) is 5.75 Å². The predicted octanol–water partition coefficient (Wildman–Crippen LogP) is 4.80. The molecule has 1 N–H and O–H groups in total. The van der Waals surface area contributed by atoms with Gasteiger partial charge in [-0.2, -0.15) is 0 Å². The summed E-state index contributed by atoms with van der Waals surface area (Å²) in [4.78, 5) is 28.3. The summed E-state index contributed by atoms with van der Waals surface area (Å²) >= 11 is 12.3. The van der Waals surface area contributed by atoms with E-state index >= 15 is 0 Å². The Morgan fingerprint density at radius 1 is 1.08 bits per heavy atom. The van der Waals surface area contributed by atoms with Crippen molar-refractivity contribution in [1.82, 2.24) is 10.2 Å². The topological polar surface area (TPSA) is 96.0 Å². The summed E-state index contributed by atoms with van der Waals surface area (Å²) in [6.07, 6.45) is 3.07. The van der Waals surface area contributed by atoms with Gasteiger partial charge in [0.05, 0.1) is 29.1 Å². The highest BCUT2D eigenvalue weighted by molar-refractivity contribution is 7.92. The van der Waals surface area contributed by atoms with E-state index in [-0.39, 0.29) is 18.1 Å². The van der Waals surface area contributed by atoms with Crippen LogP contribution in [0, 0.1) is 6.92 Å². The van der Waals surface area contributed by atoms with Gasteiger partial charge in [0, 0.05) is 13.1 Å². The Morgan fingerprint density at radius 2 is 1.78 bits per heavy atom. The lowest BCUT2D eigenvalue weighted by Crippen LogP contribution is -2.52. The Bertz CT molecular complexity index is 1210. The maximum absolute atomic E-state index is 13.8. The first-order valence-corrected chi connectivity index (χ1v) is 14.7. The fourth-order valence-corrected chi connectivity index (χ4v) is 5.02. The number of unbranched alkanes of at least 4 members (excludes halogenated alkanes) is 1. The van der Waals surface area contributed by atoms with Gasteiger partial charge in [-0.25, -0.2) is 8.42 Å². The highest BCUT2D eigenvalue weighted by Crippen LogP contribution is 2.31. The largest absolute Gasteiger partial charge is 0.495 e. The van der Waals surface area contributed by atoms with Gasteiger partial charge >= 0.3 is 0 Å². The van der Waals surface area contributed by atoms with Crippen molar-refractivity contribution in [1.29, 1.82) is 0 Å². The quantitative estimate of drug-likeness (QED) is 0.348. The number of nitrogens with one attached hydrogen (secondary N) is 1. The molecule has 0 bridgehead atoms. The number of ether oxygens (including phenoxy) is 1. The SMILES string of the molecule is CCCCNC(=O)C(CC)N(Cc1ccc(Cl)c(Cl)c1)C(=O)CN(c1cc(C)ccc1OC)S(C)(=O)=O. The summed E-state index contributed by atoms with van der Waals surface area (Å²) < 4.78 is 32.1. The van der Waals surface area contributed by atoms with E-state index in [4.69, 9.17) is 27.9 Å². The number of methoxy groups -OCH3 is 1. The van der Waals surface area contributed by atoms with Crippen LogP contribution in [0.2, 0.25) is 10.0 Å². The monoisotopic (exact) mass is 571 g/mol. The third-order valence-electron chi connectivity index (χ3n) is 5.83. The molecule has 0 fully saturated rings. The zero-order valence-electron chi connectivity index (χ0n) is 21.9. The van der Waals surface area contributed by atoms with Gasteiger partial charge in [-0.15, -0.1) is 0 Å². The lowest BCUT2D eigenvalue weighted by molar-refractivity contribution is -0.140. The van der Waals surface area contributed by atoms with Crippen molar-refractivity contribution in [3.05, 3.63) is 57.6 Å². The molecular formula is C26H35Cl2N3O5S. The van der Waals surface area contributed by atoms with Crippen LogP contribution in [-0.4, -0.2) is 57.6 Å². The van der Waals surface area contributed by atoms with E-state index in [9.17, 15) is 18.0 Å². The summed E-state index contributed by atoms with van der Waals surface area (Å²) in [5, 5.41) is 3.56. The molecule has 0 aromatic heterocycles. The number of aryl methyl sites for hydroxylation is 1. The molecule has 2 aromatic rings. The number of rotatable bonds is 13. The van der Waals surface area contributed by atoms with Gasteiger partial charge in [-0.05, 0) is 55.2 Å². The van der Waals surface area contributed by atoms with Gasteiger partial charge in [-0.1, -0.05) is 55.6 Å². The van der Waals surface area contributed by atoms with Gasteiger partial charge in [0.15, 0.2) is 0 Å². The number of hydrogen-bond acceptors (Lipinski definition) is 5. The van der Waals surface area contributed by atoms with E-state index in [1.807, 2.05) is 13.8 Å². The van der Waals surface area contributed by atoms with Gasteiger partial charge in [0.25, 0.3) is 0 Å². The van der Waals surface area contributed by atoms with Crippen LogP contribution in [0.15, 0.2) is 36.4 Å². The molecule has 0 heterocycles. The average Bonchev–Trinajstić information content (AvgIpc) is 2.83. The number of hydrogen-bond donors (Lipinski definition) is 1. The molecule has 2 amide bonds. The minimum absolute atomic E-state index is 0.0397. The van der Waals surface area contributed by atoms with Crippen molar-refractivity contribution in [2.24, 2.45) is 0 Å². The molecule has 0 radical (unpaired) electrons. The average molecular weight is 573 g/mol. The smallest absolute Gasteiger partial charge is 0.244 e. The van der Waals surface area contributed by atoms with Crippen LogP contribution in [0.4, 0.5) is 5.69 Å². The lowest BCUT2D eigenvalue weighted by Gasteiger charge is -2.33. The zero-order chi connectivity index (χ0) is 27.8. The van der Waals surface area contributed by atoms with Crippen LogP contribution in [0.3, 0.4) is 0 Å². The van der Waals surface area contributed by atoms with E-state index in [1.54, 1.807) is 43.3 Å². The molecule has 2 aromatic carbocycles. The van der Waals surface area contributed by atoms with Crippen LogP contribution in [0.1, 0.15) is 44.2 Å². The maximum Gasteiger partial charge on any atom is 0.244 e. The molecule has 0 aliphatic heterocycles. The van der Waals surface area contributed by atoms with E-state index in [0.29, 0.717) is 34.3 Å². The number of amides is 2. The number of halogens is 2. The van der Waals surface area contributed by atoms with Gasteiger partial charge < -0.3 is 15.0 Å². The molecule has 204 valence electrons. The molecule has 11 heteroatoms. The Hall–Kier alpha value is -2.49. The summed E-state index contributed by atoms with van der Waals surface area (Å²) in [5.41, 5.74) is 1.70. The fraction of sp³-hybridized carbons (Fsp3) is 0.462. The minimum atomic E-state index is -3.88. The van der Waals surface area contributed by atoms with Crippen LogP contribution >= 0.6 is 23.2 Å². The molecule has 0 aliphatic rings. The van der Waals surface area contributed by atoms with Crippen molar-refractivity contribution in [2.45, 2.75) is 52.6 Å². The zero-order valence-corrected chi connectivity index (χ0v) is 24.2. The number of nitrogens with zero attached hydrogens (tertiary/aromatic N) is 2. The highest BCUT2D eigenvalue weighted by atomic mass is 35.5. The Kier molecular flexibility index (Phi) is 11.5. The van der Waals surface area contributed by atoms with E-state index in [2.05, 4.69) is 5.32 Å². The molecule has 0 saturated carbocycles. The van der Waals surface area contributed by atoms with E-state index in [1.165, 1.54) is 12.0 Å². The first-order valence-electron chi connectivity index (χ1n) is 12.1. The second-order valence-electron chi connectivity index (χ2n) is 8.78. The summed E-state index contributed by atoms with van der Waals surface area (Å²) in [5.74, 6) is -0.537. The third-order valence-corrected chi connectivity index (χ3v) is 7.70. The fourth-order valence-electron chi connectivity index (χ4n) is 3.85. The summed E-state index contributed by atoms with van der Waals surface area (Å²) in [6.45, 7) is 5.64. The maximum atomic E-state index is 13.8. The number of benzene rings is 2. The first-order chi connectivity index (χ1) is 17.4. The second-order valence-corrected chi connectivity index (χ2v) is 11.5. The number of carbonyl (C=O) groups is 2. The highest BCUT2D eigenvalue weighted by Gasteiger charge is 2.32. The first kappa shape index (κ1) is 30.7. The normalized spacial score (nSPS) is 12.1. The van der Waals surface area contributed by atoms with Gasteiger partial charge in [0.2, 0.25) is 21.8 Å². The number of carbonyl (C=O) groups excluding carboxylic acids is 2. The predicted molar refractivity (Wildman–Crippen MR) is 149 cm³/mol. The molecule has 0 saturated heterocycles. The molecule has 0 spiro atoms. The second kappa shape index (κ2) is 13.9. The number of anilines is 1. The molecule has 2 rings (SSSR count). The molecule has 37 heavy (non-hydrogen) atoms. The summed E-state index contributed by atoms with van der Waals surface area (Å²) in [6, 6.07) is 9.22. The standard InChI is InChI=1S/C26H35Cl2N3O5S/c1-6-8-13-29-26(33)22(7-2)30(16-19-10-11-20(27)21(28)15-19)25(32)17-31(37(5,34)35)23-14-18(3)9-12-24(23)36-4/h9-12,14-15,22H,6-8,13,16-17H2,1-5H3,(H,29,33). The minimum Gasteiger partial charge on any atom is -0.495 e. The molecule has 1 unspecified atom stereocenters. The van der Waals surface area contributed by atoms with Crippen LogP contribution < -0.4 is 14.4 Å².